The highest BCUT2D eigenvalue weighted by atomic mass is 32.2. The van der Waals surface area contributed by atoms with Crippen LogP contribution in [0.2, 0.25) is 0 Å². The Balaban J connectivity index is 1.73. The van der Waals surface area contributed by atoms with Crippen molar-refractivity contribution in [1.82, 2.24) is 15.1 Å². The summed E-state index contributed by atoms with van der Waals surface area (Å²) in [6.45, 7) is 0.325. The number of hydrogen-bond acceptors (Lipinski definition) is 5. The molecular formula is C24H25F9N4O2S. The molecular weight excluding hydrogens is 579 g/mol. The van der Waals surface area contributed by atoms with E-state index in [2.05, 4.69) is 10.3 Å². The van der Waals surface area contributed by atoms with E-state index in [1.54, 1.807) is 11.0 Å². The third kappa shape index (κ3) is 8.62. The van der Waals surface area contributed by atoms with Crippen molar-refractivity contribution in [3.8, 4) is 0 Å². The number of aliphatic imine (C=N–C) groups is 1. The molecule has 1 unspecified atom stereocenters. The smallest absolute Gasteiger partial charge is 0.347 e. The van der Waals surface area contributed by atoms with Crippen LogP contribution in [0.1, 0.15) is 36.0 Å². The summed E-state index contributed by atoms with van der Waals surface area (Å²) in [5.74, 6) is -1.27. The number of carbonyl (C=O) groups is 2. The molecule has 0 aromatic heterocycles. The van der Waals surface area contributed by atoms with Crippen molar-refractivity contribution in [2.24, 2.45) is 10.9 Å². The summed E-state index contributed by atoms with van der Waals surface area (Å²) >= 11 is 0.702. The van der Waals surface area contributed by atoms with Gasteiger partial charge in [-0.2, -0.15) is 39.5 Å². The lowest BCUT2D eigenvalue weighted by Gasteiger charge is -2.31. The number of benzene rings is 1. The van der Waals surface area contributed by atoms with Crippen molar-refractivity contribution in [1.29, 1.82) is 0 Å². The number of rotatable bonds is 6. The van der Waals surface area contributed by atoms with E-state index in [1.807, 2.05) is 0 Å². The zero-order valence-corrected chi connectivity index (χ0v) is 22.0. The fraction of sp³-hybridized carbons (Fsp3) is 0.542. The van der Waals surface area contributed by atoms with E-state index in [9.17, 15) is 49.1 Å². The van der Waals surface area contributed by atoms with E-state index in [4.69, 9.17) is 0 Å². The van der Waals surface area contributed by atoms with Crippen LogP contribution in [0.15, 0.2) is 34.2 Å². The summed E-state index contributed by atoms with van der Waals surface area (Å²) in [5.41, 5.74) is -3.05. The van der Waals surface area contributed by atoms with Crippen LogP contribution in [0.3, 0.4) is 0 Å². The lowest BCUT2D eigenvalue weighted by Crippen LogP contribution is -2.37. The summed E-state index contributed by atoms with van der Waals surface area (Å²) in [6.07, 6.45) is -13.7. The molecule has 222 valence electrons. The second kappa shape index (κ2) is 12.0. The molecule has 0 aliphatic carbocycles. The predicted octanol–water partition coefficient (Wildman–Crippen LogP) is 6.08. The van der Waals surface area contributed by atoms with Crippen molar-refractivity contribution in [2.45, 2.75) is 50.4 Å². The molecule has 1 N–H and O–H groups in total. The van der Waals surface area contributed by atoms with E-state index in [0.717, 1.165) is 11.0 Å². The van der Waals surface area contributed by atoms with Crippen LogP contribution >= 0.6 is 11.8 Å². The number of alkyl halides is 9. The normalized spacial score (nSPS) is 20.7. The van der Waals surface area contributed by atoms with Gasteiger partial charge >= 0.3 is 18.5 Å². The molecule has 0 saturated carbocycles. The van der Waals surface area contributed by atoms with Gasteiger partial charge in [-0.05, 0) is 61.3 Å². The molecule has 2 fully saturated rings. The Hall–Kier alpha value is -2.75. The largest absolute Gasteiger partial charge is 0.416 e. The molecule has 16 heteroatoms. The van der Waals surface area contributed by atoms with Crippen molar-refractivity contribution < 1.29 is 49.1 Å². The van der Waals surface area contributed by atoms with Gasteiger partial charge in [-0.1, -0.05) is 12.1 Å². The molecule has 3 rings (SSSR count). The Kier molecular flexibility index (Phi) is 9.54. The highest BCUT2D eigenvalue weighted by molar-refractivity contribution is 8.18. The van der Waals surface area contributed by atoms with Crippen LogP contribution < -0.4 is 5.32 Å². The number of halogens is 9. The molecule has 0 bridgehead atoms. The number of allylic oxidation sites excluding steroid dienone is 1. The van der Waals surface area contributed by atoms with Crippen LogP contribution in [-0.4, -0.2) is 66.2 Å². The van der Waals surface area contributed by atoms with Crippen LogP contribution in [-0.2, 0) is 23.7 Å². The highest BCUT2D eigenvalue weighted by Crippen LogP contribution is 2.38. The SMILES string of the molecule is CN(C)C(=O)C(CC(F)(F)F)N=C1NC(=O)S/C1=C\C1CCN(Cc2ccc(C(F)(F)F)cc2C(F)(F)F)CC1. The summed E-state index contributed by atoms with van der Waals surface area (Å²) in [7, 11) is 2.56. The second-order valence-electron chi connectivity index (χ2n) is 9.57. The van der Waals surface area contributed by atoms with Crippen LogP contribution in [0, 0.1) is 5.92 Å². The maximum atomic E-state index is 13.5. The first kappa shape index (κ1) is 31.8. The van der Waals surface area contributed by atoms with Crippen LogP contribution in [0.25, 0.3) is 0 Å². The summed E-state index contributed by atoms with van der Waals surface area (Å²) in [6, 6.07) is -0.277. The molecule has 2 heterocycles. The molecule has 1 atom stereocenters. The number of amidine groups is 1. The minimum absolute atomic E-state index is 0.0990. The molecule has 0 spiro atoms. The lowest BCUT2D eigenvalue weighted by atomic mass is 9.95. The highest BCUT2D eigenvalue weighted by Gasteiger charge is 2.39. The van der Waals surface area contributed by atoms with Gasteiger partial charge in [0.2, 0.25) is 5.91 Å². The van der Waals surface area contributed by atoms with Crippen molar-refractivity contribution in [2.75, 3.05) is 27.2 Å². The van der Waals surface area contributed by atoms with Gasteiger partial charge in [-0.3, -0.25) is 19.5 Å². The summed E-state index contributed by atoms with van der Waals surface area (Å²) in [5, 5.41) is 1.76. The first-order valence-electron chi connectivity index (χ1n) is 11.9. The van der Waals surface area contributed by atoms with Gasteiger partial charge in [-0.25, -0.2) is 0 Å². The molecule has 2 saturated heterocycles. The fourth-order valence-electron chi connectivity index (χ4n) is 4.29. The molecule has 40 heavy (non-hydrogen) atoms. The maximum absolute atomic E-state index is 13.5. The topological polar surface area (TPSA) is 65.0 Å². The number of piperidine rings is 1. The van der Waals surface area contributed by atoms with Crippen molar-refractivity contribution in [3.63, 3.8) is 0 Å². The molecule has 0 radical (unpaired) electrons. The quantitative estimate of drug-likeness (QED) is 0.400. The molecule has 6 nitrogen and oxygen atoms in total. The van der Waals surface area contributed by atoms with Gasteiger partial charge in [-0.15, -0.1) is 0 Å². The van der Waals surface area contributed by atoms with Gasteiger partial charge in [0.05, 0.1) is 22.5 Å². The lowest BCUT2D eigenvalue weighted by molar-refractivity contribution is -0.150. The minimum Gasteiger partial charge on any atom is -0.347 e. The Morgan fingerprint density at radius 1 is 1.10 bits per heavy atom. The van der Waals surface area contributed by atoms with Crippen LogP contribution in [0.4, 0.5) is 44.3 Å². The molecule has 1 aromatic rings. The number of likely N-dealkylation sites (N-methyl/N-ethyl adjacent to an activating group) is 1. The summed E-state index contributed by atoms with van der Waals surface area (Å²) < 4.78 is 118. The predicted molar refractivity (Wildman–Crippen MR) is 129 cm³/mol. The number of carbonyl (C=O) groups excluding carboxylic acids is 2. The first-order valence-corrected chi connectivity index (χ1v) is 12.7. The molecule has 2 aliphatic heterocycles. The number of nitrogens with zero attached hydrogens (tertiary/aromatic N) is 3. The number of hydrogen-bond donors (Lipinski definition) is 1. The van der Waals surface area contributed by atoms with Crippen molar-refractivity contribution in [3.05, 3.63) is 45.9 Å². The van der Waals surface area contributed by atoms with Gasteiger partial charge in [0.25, 0.3) is 5.24 Å². The average molecular weight is 605 g/mol. The maximum Gasteiger partial charge on any atom is 0.416 e. The fourth-order valence-corrected chi connectivity index (χ4v) is 5.10. The standard InChI is InChI=1S/C24H25F9N4O2S/c1-36(2)20(38)17(11-22(25,26)27)34-19-18(40-21(39)35-19)9-13-5-7-37(8-6-13)12-14-3-4-15(23(28,29)30)10-16(14)24(31,32)33/h3-4,9-10,13,17H,5-8,11-12H2,1-2H3,(H,34,35,39)/b18-9-. The Bertz CT molecular complexity index is 1170. The van der Waals surface area contributed by atoms with Gasteiger partial charge in [0, 0.05) is 20.6 Å². The van der Waals surface area contributed by atoms with Gasteiger partial charge < -0.3 is 10.2 Å². The van der Waals surface area contributed by atoms with E-state index in [-0.39, 0.29) is 47.9 Å². The third-order valence-electron chi connectivity index (χ3n) is 6.25. The average Bonchev–Trinajstić information content (AvgIpc) is 3.15. The van der Waals surface area contributed by atoms with E-state index < -0.39 is 53.3 Å². The Labute approximate surface area is 227 Å². The van der Waals surface area contributed by atoms with E-state index in [0.29, 0.717) is 30.7 Å². The molecule has 2 aliphatic rings. The zero-order valence-electron chi connectivity index (χ0n) is 21.2. The third-order valence-corrected chi connectivity index (χ3v) is 7.08. The molecule has 1 aromatic carbocycles. The van der Waals surface area contributed by atoms with Crippen molar-refractivity contribution >= 4 is 28.7 Å². The molecule has 2 amide bonds. The second-order valence-corrected chi connectivity index (χ2v) is 10.6. The van der Waals surface area contributed by atoms with E-state index >= 15 is 0 Å². The number of nitrogens with one attached hydrogen (secondary N) is 1. The first-order chi connectivity index (χ1) is 18.3. The summed E-state index contributed by atoms with van der Waals surface area (Å²) in [4.78, 5) is 31.0. The van der Waals surface area contributed by atoms with Gasteiger partial charge in [0.1, 0.15) is 11.9 Å². The number of amides is 2. The van der Waals surface area contributed by atoms with Gasteiger partial charge in [0.15, 0.2) is 0 Å². The zero-order chi connectivity index (χ0) is 30.0. The van der Waals surface area contributed by atoms with E-state index in [1.165, 1.54) is 14.1 Å². The van der Waals surface area contributed by atoms with Crippen LogP contribution in [0.5, 0.6) is 0 Å². The minimum atomic E-state index is -4.98. The number of thioether (sulfide) groups is 1. The monoisotopic (exact) mass is 604 g/mol. The Morgan fingerprint density at radius 2 is 1.73 bits per heavy atom. The number of likely N-dealkylation sites (tertiary alicyclic amines) is 1. The Morgan fingerprint density at radius 3 is 2.25 bits per heavy atom.